The van der Waals surface area contributed by atoms with Crippen LogP contribution in [0.1, 0.15) is 10.5 Å². The first-order chi connectivity index (χ1) is 9.97. The monoisotopic (exact) mass is 311 g/mol. The Labute approximate surface area is 130 Å². The number of carbonyl (C=O) groups excluding carboxylic acids is 1. The maximum atomic E-state index is 12.4. The van der Waals surface area contributed by atoms with Crippen molar-refractivity contribution in [3.8, 4) is 0 Å². The second-order valence-corrected chi connectivity index (χ2v) is 5.91. The van der Waals surface area contributed by atoms with Gasteiger partial charge in [-0.1, -0.05) is 11.6 Å². The van der Waals surface area contributed by atoms with Gasteiger partial charge in [0, 0.05) is 39.3 Å². The summed E-state index contributed by atoms with van der Waals surface area (Å²) in [4.78, 5) is 22.8. The Bertz CT molecular complexity index is 500. The molecule has 1 aromatic heterocycles. The number of rotatable bonds is 4. The van der Waals surface area contributed by atoms with Crippen molar-refractivity contribution in [2.75, 3.05) is 59.1 Å². The summed E-state index contributed by atoms with van der Waals surface area (Å²) >= 11 is 6.04. The van der Waals surface area contributed by atoms with Crippen LogP contribution in [0.25, 0.3) is 0 Å². The van der Waals surface area contributed by atoms with E-state index in [0.717, 1.165) is 26.2 Å². The zero-order valence-corrected chi connectivity index (χ0v) is 13.3. The maximum Gasteiger partial charge on any atom is 0.274 e. The van der Waals surface area contributed by atoms with Crippen LogP contribution in [0.3, 0.4) is 0 Å². The minimum absolute atomic E-state index is 0.139. The van der Waals surface area contributed by atoms with Gasteiger partial charge in [0.1, 0.15) is 11.5 Å². The van der Waals surface area contributed by atoms with Gasteiger partial charge in [0.05, 0.1) is 5.02 Å². The Kier molecular flexibility index (Phi) is 5.39. The van der Waals surface area contributed by atoms with E-state index in [4.69, 9.17) is 17.3 Å². The van der Waals surface area contributed by atoms with Crippen LogP contribution in [-0.4, -0.2) is 79.0 Å². The quantitative estimate of drug-likeness (QED) is 0.884. The molecule has 0 unspecified atom stereocenters. The van der Waals surface area contributed by atoms with E-state index in [1.165, 1.54) is 0 Å². The second-order valence-electron chi connectivity index (χ2n) is 5.50. The number of nitrogen functional groups attached to an aromatic ring is 1. The molecule has 0 spiro atoms. The topological polar surface area (TPSA) is 65.7 Å². The summed E-state index contributed by atoms with van der Waals surface area (Å²) in [7, 11) is 4.13. The van der Waals surface area contributed by atoms with E-state index in [1.54, 1.807) is 17.0 Å². The van der Waals surface area contributed by atoms with E-state index in [-0.39, 0.29) is 11.6 Å². The van der Waals surface area contributed by atoms with Gasteiger partial charge in [-0.05, 0) is 26.2 Å². The molecule has 0 radical (unpaired) electrons. The van der Waals surface area contributed by atoms with E-state index in [1.807, 2.05) is 0 Å². The van der Waals surface area contributed by atoms with Gasteiger partial charge in [-0.2, -0.15) is 0 Å². The molecule has 1 fully saturated rings. The number of carbonyl (C=O) groups is 1. The number of likely N-dealkylation sites (N-methyl/N-ethyl adjacent to an activating group) is 1. The third kappa shape index (κ3) is 4.30. The molecule has 7 heteroatoms. The van der Waals surface area contributed by atoms with Crippen LogP contribution in [0.4, 0.5) is 5.82 Å². The molecule has 2 N–H and O–H groups in total. The summed E-state index contributed by atoms with van der Waals surface area (Å²) in [6.07, 6.45) is 0. The van der Waals surface area contributed by atoms with Crippen molar-refractivity contribution >= 4 is 23.3 Å². The van der Waals surface area contributed by atoms with Gasteiger partial charge in [0.2, 0.25) is 0 Å². The van der Waals surface area contributed by atoms with Gasteiger partial charge in [-0.25, -0.2) is 4.98 Å². The highest BCUT2D eigenvalue weighted by Crippen LogP contribution is 2.18. The molecule has 0 aliphatic carbocycles. The van der Waals surface area contributed by atoms with Crippen LogP contribution in [0, 0.1) is 0 Å². The van der Waals surface area contributed by atoms with Crippen molar-refractivity contribution in [2.24, 2.45) is 0 Å². The van der Waals surface area contributed by atoms with Crippen molar-refractivity contribution in [1.29, 1.82) is 0 Å². The van der Waals surface area contributed by atoms with Crippen LogP contribution < -0.4 is 5.73 Å². The molecule has 0 aromatic carbocycles. The summed E-state index contributed by atoms with van der Waals surface area (Å²) in [5.41, 5.74) is 5.88. The third-order valence-corrected chi connectivity index (χ3v) is 3.90. The molecule has 6 nitrogen and oxygen atoms in total. The van der Waals surface area contributed by atoms with Crippen LogP contribution >= 0.6 is 11.6 Å². The number of hydrogen-bond acceptors (Lipinski definition) is 5. The lowest BCUT2D eigenvalue weighted by atomic mass is 10.2. The van der Waals surface area contributed by atoms with Crippen molar-refractivity contribution in [3.63, 3.8) is 0 Å². The Hall–Kier alpha value is -1.37. The number of pyridine rings is 1. The number of anilines is 1. The Balaban J connectivity index is 1.92. The van der Waals surface area contributed by atoms with Gasteiger partial charge in [-0.15, -0.1) is 0 Å². The van der Waals surface area contributed by atoms with E-state index in [9.17, 15) is 4.79 Å². The van der Waals surface area contributed by atoms with Crippen LogP contribution in [0.15, 0.2) is 12.1 Å². The van der Waals surface area contributed by atoms with Crippen molar-refractivity contribution < 1.29 is 4.79 Å². The molecule has 0 atom stereocenters. The zero-order chi connectivity index (χ0) is 15.4. The molecule has 2 heterocycles. The number of nitrogens with two attached hydrogens (primary N) is 1. The molecule has 1 aliphatic heterocycles. The van der Waals surface area contributed by atoms with E-state index in [2.05, 4.69) is 28.9 Å². The van der Waals surface area contributed by atoms with Crippen molar-refractivity contribution in [3.05, 3.63) is 22.8 Å². The fourth-order valence-corrected chi connectivity index (χ4v) is 2.46. The fraction of sp³-hybridized carbons (Fsp3) is 0.571. The highest BCUT2D eigenvalue weighted by Gasteiger charge is 2.24. The molecule has 1 aliphatic rings. The SMILES string of the molecule is CN(C)CCN1CCN(C(=O)c2nc(N)ccc2Cl)CC1. The lowest BCUT2D eigenvalue weighted by Gasteiger charge is -2.35. The lowest BCUT2D eigenvalue weighted by molar-refractivity contribution is 0.0624. The highest BCUT2D eigenvalue weighted by molar-refractivity contribution is 6.33. The summed E-state index contributed by atoms with van der Waals surface area (Å²) in [5, 5.41) is 0.351. The molecular weight excluding hydrogens is 290 g/mol. The molecule has 0 bridgehead atoms. The van der Waals surface area contributed by atoms with Crippen LogP contribution in [0.2, 0.25) is 5.02 Å². The fourth-order valence-electron chi connectivity index (χ4n) is 2.27. The van der Waals surface area contributed by atoms with Gasteiger partial charge in [0.25, 0.3) is 5.91 Å². The number of piperazine rings is 1. The predicted octanol–water partition coefficient (Wildman–Crippen LogP) is 0.637. The first kappa shape index (κ1) is 16.0. The molecule has 2 rings (SSSR count). The molecule has 0 saturated carbocycles. The summed E-state index contributed by atoms with van der Waals surface area (Å²) in [6, 6.07) is 3.21. The summed E-state index contributed by atoms with van der Waals surface area (Å²) < 4.78 is 0. The van der Waals surface area contributed by atoms with Crippen LogP contribution in [0.5, 0.6) is 0 Å². The average molecular weight is 312 g/mol. The molecular formula is C14H22ClN5O. The molecule has 1 amide bonds. The molecule has 1 saturated heterocycles. The van der Waals surface area contributed by atoms with Crippen molar-refractivity contribution in [2.45, 2.75) is 0 Å². The summed E-state index contributed by atoms with van der Waals surface area (Å²) in [5.74, 6) is 0.173. The Morgan fingerprint density at radius 3 is 2.62 bits per heavy atom. The van der Waals surface area contributed by atoms with Crippen molar-refractivity contribution in [1.82, 2.24) is 19.7 Å². The second kappa shape index (κ2) is 7.06. The number of halogens is 1. The predicted molar refractivity (Wildman–Crippen MR) is 84.6 cm³/mol. The first-order valence-corrected chi connectivity index (χ1v) is 7.43. The zero-order valence-electron chi connectivity index (χ0n) is 12.5. The largest absolute Gasteiger partial charge is 0.384 e. The number of aromatic nitrogens is 1. The maximum absolute atomic E-state index is 12.4. The average Bonchev–Trinajstić information content (AvgIpc) is 2.47. The number of amides is 1. The van der Waals surface area contributed by atoms with E-state index in [0.29, 0.717) is 23.9 Å². The van der Waals surface area contributed by atoms with Gasteiger partial charge >= 0.3 is 0 Å². The number of nitrogens with zero attached hydrogens (tertiary/aromatic N) is 4. The molecule has 116 valence electrons. The van der Waals surface area contributed by atoms with Gasteiger partial charge in [-0.3, -0.25) is 9.69 Å². The lowest BCUT2D eigenvalue weighted by Crippen LogP contribution is -2.50. The first-order valence-electron chi connectivity index (χ1n) is 7.06. The third-order valence-electron chi connectivity index (χ3n) is 3.59. The minimum Gasteiger partial charge on any atom is -0.384 e. The number of hydrogen-bond donors (Lipinski definition) is 1. The molecule has 21 heavy (non-hydrogen) atoms. The Morgan fingerprint density at radius 2 is 2.00 bits per heavy atom. The van der Waals surface area contributed by atoms with E-state index < -0.39 is 0 Å². The standard InChI is InChI=1S/C14H22ClN5O/c1-18(2)5-6-19-7-9-20(10-8-19)14(21)13-11(15)3-4-12(16)17-13/h3-4H,5-10H2,1-2H3,(H2,16,17). The molecule has 1 aromatic rings. The smallest absolute Gasteiger partial charge is 0.274 e. The normalized spacial score (nSPS) is 16.5. The van der Waals surface area contributed by atoms with E-state index >= 15 is 0 Å². The Morgan fingerprint density at radius 1 is 1.33 bits per heavy atom. The van der Waals surface area contributed by atoms with Crippen LogP contribution in [-0.2, 0) is 0 Å². The van der Waals surface area contributed by atoms with Gasteiger partial charge in [0.15, 0.2) is 0 Å². The summed E-state index contributed by atoms with van der Waals surface area (Å²) in [6.45, 7) is 5.18. The minimum atomic E-state index is -0.139. The highest BCUT2D eigenvalue weighted by atomic mass is 35.5. The van der Waals surface area contributed by atoms with Gasteiger partial charge < -0.3 is 15.5 Å².